The molecule has 0 spiro atoms. The fourth-order valence-corrected chi connectivity index (χ4v) is 3.87. The standard InChI is InChI=1S/C18H15ClF3N3O2S/c1-10(16-23-13-5-3-4-6-14(13)28-16)24(2)15(26)9-25-8-11(18(20,21)22)7-12(19)17(25)27/h3-8,10H,9H2,1-2H3/t10-/m0/s1. The molecule has 5 nitrogen and oxygen atoms in total. The van der Waals surface area contributed by atoms with Crippen LogP contribution >= 0.6 is 22.9 Å². The minimum Gasteiger partial charge on any atom is -0.335 e. The number of hydrogen-bond acceptors (Lipinski definition) is 4. The van der Waals surface area contributed by atoms with Gasteiger partial charge < -0.3 is 9.47 Å². The predicted octanol–water partition coefficient (Wildman–Crippen LogP) is 4.35. The van der Waals surface area contributed by atoms with E-state index in [1.165, 1.54) is 23.3 Å². The third-order valence-electron chi connectivity index (χ3n) is 4.32. The highest BCUT2D eigenvalue weighted by molar-refractivity contribution is 7.18. The van der Waals surface area contributed by atoms with E-state index in [0.29, 0.717) is 21.8 Å². The third-order valence-corrected chi connectivity index (χ3v) is 5.79. The zero-order valence-electron chi connectivity index (χ0n) is 14.8. The number of halogens is 4. The van der Waals surface area contributed by atoms with Gasteiger partial charge >= 0.3 is 6.18 Å². The Bertz CT molecular complexity index is 1060. The number of alkyl halides is 3. The van der Waals surface area contributed by atoms with Crippen molar-refractivity contribution >= 4 is 39.1 Å². The second kappa shape index (κ2) is 7.56. The minimum atomic E-state index is -4.68. The first kappa shape index (κ1) is 20.3. The molecule has 0 N–H and O–H groups in total. The number of benzene rings is 1. The summed E-state index contributed by atoms with van der Waals surface area (Å²) < 4.78 is 40.5. The molecule has 0 aliphatic heterocycles. The van der Waals surface area contributed by atoms with E-state index in [9.17, 15) is 22.8 Å². The molecule has 0 aliphatic rings. The van der Waals surface area contributed by atoms with Gasteiger partial charge in [0.25, 0.3) is 5.56 Å². The van der Waals surface area contributed by atoms with Gasteiger partial charge in [0.05, 0.1) is 21.8 Å². The number of fused-ring (bicyclic) bond motifs is 1. The van der Waals surface area contributed by atoms with Crippen LogP contribution in [0.2, 0.25) is 5.02 Å². The van der Waals surface area contributed by atoms with E-state index in [1.54, 1.807) is 6.92 Å². The molecule has 0 unspecified atom stereocenters. The van der Waals surface area contributed by atoms with Crippen molar-refractivity contribution < 1.29 is 18.0 Å². The lowest BCUT2D eigenvalue weighted by atomic mass is 10.2. The number of carbonyl (C=O) groups is 1. The lowest BCUT2D eigenvalue weighted by Gasteiger charge is -2.24. The van der Waals surface area contributed by atoms with Crippen LogP contribution < -0.4 is 5.56 Å². The minimum absolute atomic E-state index is 0.415. The predicted molar refractivity (Wildman–Crippen MR) is 102 cm³/mol. The number of rotatable bonds is 4. The van der Waals surface area contributed by atoms with Crippen LogP contribution in [0.5, 0.6) is 0 Å². The number of amides is 1. The van der Waals surface area contributed by atoms with Gasteiger partial charge in [-0.1, -0.05) is 23.7 Å². The first-order chi connectivity index (χ1) is 13.1. The molecule has 1 aromatic carbocycles. The van der Waals surface area contributed by atoms with E-state index >= 15 is 0 Å². The molecule has 0 saturated heterocycles. The highest BCUT2D eigenvalue weighted by Gasteiger charge is 2.32. The number of para-hydroxylation sites is 1. The molecule has 3 aromatic rings. The molecule has 3 rings (SSSR count). The van der Waals surface area contributed by atoms with Gasteiger partial charge in [0.1, 0.15) is 16.6 Å². The van der Waals surface area contributed by atoms with Crippen molar-refractivity contribution in [1.29, 1.82) is 0 Å². The smallest absolute Gasteiger partial charge is 0.335 e. The summed E-state index contributed by atoms with van der Waals surface area (Å²) >= 11 is 7.05. The van der Waals surface area contributed by atoms with Crippen LogP contribution in [0.15, 0.2) is 41.3 Å². The van der Waals surface area contributed by atoms with E-state index in [2.05, 4.69) is 4.98 Å². The maximum absolute atomic E-state index is 13.0. The molecule has 28 heavy (non-hydrogen) atoms. The van der Waals surface area contributed by atoms with Crippen molar-refractivity contribution in [2.75, 3.05) is 7.05 Å². The Hall–Kier alpha value is -2.39. The van der Waals surface area contributed by atoms with E-state index in [0.717, 1.165) is 10.2 Å². The monoisotopic (exact) mass is 429 g/mol. The summed E-state index contributed by atoms with van der Waals surface area (Å²) in [5.74, 6) is -0.538. The molecule has 2 heterocycles. The quantitative estimate of drug-likeness (QED) is 0.619. The Morgan fingerprint density at radius 1 is 1.36 bits per heavy atom. The highest BCUT2D eigenvalue weighted by atomic mass is 35.5. The fraction of sp³-hybridized carbons (Fsp3) is 0.278. The summed E-state index contributed by atoms with van der Waals surface area (Å²) in [6.45, 7) is 1.20. The molecule has 2 aromatic heterocycles. The molecule has 10 heteroatoms. The highest BCUT2D eigenvalue weighted by Crippen LogP contribution is 2.30. The van der Waals surface area contributed by atoms with Crippen LogP contribution in [0.1, 0.15) is 23.5 Å². The van der Waals surface area contributed by atoms with E-state index in [4.69, 9.17) is 11.6 Å². The van der Waals surface area contributed by atoms with E-state index in [-0.39, 0.29) is 0 Å². The van der Waals surface area contributed by atoms with Crippen molar-refractivity contribution in [3.05, 3.63) is 62.5 Å². The summed E-state index contributed by atoms with van der Waals surface area (Å²) in [5, 5.41) is 0.0935. The summed E-state index contributed by atoms with van der Waals surface area (Å²) in [7, 11) is 1.51. The molecule has 1 atom stereocenters. The first-order valence-corrected chi connectivity index (χ1v) is 9.35. The second-order valence-corrected chi connectivity index (χ2v) is 7.68. The van der Waals surface area contributed by atoms with Crippen LogP contribution in [0, 0.1) is 0 Å². The van der Waals surface area contributed by atoms with E-state index in [1.807, 2.05) is 24.3 Å². The third kappa shape index (κ3) is 4.05. The van der Waals surface area contributed by atoms with Gasteiger partial charge in [0, 0.05) is 13.2 Å². The van der Waals surface area contributed by atoms with Gasteiger partial charge in [-0.3, -0.25) is 9.59 Å². The number of likely N-dealkylation sites (N-methyl/N-ethyl adjacent to an activating group) is 1. The molecular formula is C18H15ClF3N3O2S. The normalized spacial score (nSPS) is 12.9. The topological polar surface area (TPSA) is 55.2 Å². The van der Waals surface area contributed by atoms with Crippen LogP contribution in [0.4, 0.5) is 13.2 Å². The zero-order valence-corrected chi connectivity index (χ0v) is 16.4. The lowest BCUT2D eigenvalue weighted by molar-refractivity contribution is -0.138. The summed E-state index contributed by atoms with van der Waals surface area (Å²) in [6.07, 6.45) is -4.08. The molecule has 0 bridgehead atoms. The summed E-state index contributed by atoms with van der Waals surface area (Å²) in [4.78, 5) is 30.5. The Labute approximate surface area is 167 Å². The fourth-order valence-electron chi connectivity index (χ4n) is 2.58. The van der Waals surface area contributed by atoms with Gasteiger partial charge in [0.15, 0.2) is 0 Å². The number of aromatic nitrogens is 2. The Morgan fingerprint density at radius 3 is 2.68 bits per heavy atom. The zero-order chi connectivity index (χ0) is 20.6. The lowest BCUT2D eigenvalue weighted by Crippen LogP contribution is -2.36. The number of pyridine rings is 1. The molecule has 148 valence electrons. The van der Waals surface area contributed by atoms with Crippen LogP contribution in [-0.2, 0) is 17.5 Å². The molecule has 0 saturated carbocycles. The Balaban J connectivity index is 1.84. The number of carbonyl (C=O) groups excluding carboxylic acids is 1. The Morgan fingerprint density at radius 2 is 2.04 bits per heavy atom. The van der Waals surface area contributed by atoms with E-state index < -0.39 is 40.8 Å². The SMILES string of the molecule is C[C@@H](c1nc2ccccc2s1)N(C)C(=O)Cn1cc(C(F)(F)F)cc(Cl)c1=O. The summed E-state index contributed by atoms with van der Waals surface area (Å²) in [6, 6.07) is 7.65. The van der Waals surface area contributed by atoms with Crippen LogP contribution in [0.3, 0.4) is 0 Å². The molecule has 0 aliphatic carbocycles. The van der Waals surface area contributed by atoms with Gasteiger partial charge in [-0.15, -0.1) is 11.3 Å². The average molecular weight is 430 g/mol. The first-order valence-electron chi connectivity index (χ1n) is 8.16. The van der Waals surface area contributed by atoms with Crippen molar-refractivity contribution in [2.45, 2.75) is 25.7 Å². The van der Waals surface area contributed by atoms with Crippen LogP contribution in [0.25, 0.3) is 10.2 Å². The second-order valence-electron chi connectivity index (χ2n) is 6.21. The molecular weight excluding hydrogens is 415 g/mol. The van der Waals surface area contributed by atoms with Crippen molar-refractivity contribution in [3.63, 3.8) is 0 Å². The maximum atomic E-state index is 13.0. The maximum Gasteiger partial charge on any atom is 0.417 e. The largest absolute Gasteiger partial charge is 0.417 e. The molecule has 0 fully saturated rings. The number of thiazole rings is 1. The molecule has 1 amide bonds. The average Bonchev–Trinajstić information content (AvgIpc) is 3.07. The van der Waals surface area contributed by atoms with Crippen molar-refractivity contribution in [1.82, 2.24) is 14.5 Å². The Kier molecular flexibility index (Phi) is 5.49. The number of hydrogen-bond donors (Lipinski definition) is 0. The van der Waals surface area contributed by atoms with Gasteiger partial charge in [-0.25, -0.2) is 4.98 Å². The molecule has 0 radical (unpaired) electrons. The van der Waals surface area contributed by atoms with Crippen molar-refractivity contribution in [3.8, 4) is 0 Å². The van der Waals surface area contributed by atoms with Gasteiger partial charge in [-0.05, 0) is 25.1 Å². The van der Waals surface area contributed by atoms with Gasteiger partial charge in [-0.2, -0.15) is 13.2 Å². The summed E-state index contributed by atoms with van der Waals surface area (Å²) in [5.41, 5.74) is -1.15. The van der Waals surface area contributed by atoms with Crippen LogP contribution in [-0.4, -0.2) is 27.4 Å². The van der Waals surface area contributed by atoms with Gasteiger partial charge in [0.2, 0.25) is 5.91 Å². The number of nitrogens with zero attached hydrogens (tertiary/aromatic N) is 3. The van der Waals surface area contributed by atoms with Crippen molar-refractivity contribution in [2.24, 2.45) is 0 Å².